The Hall–Kier alpha value is -3.08. The fourth-order valence-electron chi connectivity index (χ4n) is 3.33. The van der Waals surface area contributed by atoms with Gasteiger partial charge >= 0.3 is 0 Å². The molecule has 5 heteroatoms. The quantitative estimate of drug-likeness (QED) is 0.655. The zero-order valence-corrected chi connectivity index (χ0v) is 16.2. The van der Waals surface area contributed by atoms with E-state index in [1.807, 2.05) is 54.7 Å². The number of piperidine rings is 1. The molecule has 144 valence electrons. The Morgan fingerprint density at radius 3 is 2.50 bits per heavy atom. The highest BCUT2D eigenvalue weighted by molar-refractivity contribution is 5.56. The highest BCUT2D eigenvalue weighted by Gasteiger charge is 2.17. The average Bonchev–Trinajstić information content (AvgIpc) is 2.75. The summed E-state index contributed by atoms with van der Waals surface area (Å²) in [4.78, 5) is 11.4. The third-order valence-electron chi connectivity index (χ3n) is 5.11. The zero-order valence-electron chi connectivity index (χ0n) is 16.2. The number of hydrogen-bond donors (Lipinski definition) is 1. The normalized spacial score (nSPS) is 14.7. The van der Waals surface area contributed by atoms with Crippen molar-refractivity contribution in [2.75, 3.05) is 23.3 Å². The molecule has 1 saturated heterocycles. The lowest BCUT2D eigenvalue weighted by Gasteiger charge is -2.31. The van der Waals surface area contributed by atoms with E-state index in [2.05, 4.69) is 39.2 Å². The average molecular weight is 374 g/mol. The van der Waals surface area contributed by atoms with E-state index in [1.165, 1.54) is 12.8 Å². The van der Waals surface area contributed by atoms with Crippen molar-refractivity contribution >= 4 is 17.5 Å². The molecule has 1 aromatic heterocycles. The standard InChI is InChI=1S/C23H26N4O/c1-18-12-15-27(16-13-18)22-11-14-24-23(26-22)25-20-7-9-21(10-8-20)28-17-19-5-3-2-4-6-19/h2-11,14,18H,12-13,15-17H2,1H3,(H,24,25,26). The maximum Gasteiger partial charge on any atom is 0.229 e. The predicted molar refractivity (Wildman–Crippen MR) is 113 cm³/mol. The molecule has 0 radical (unpaired) electrons. The maximum atomic E-state index is 5.84. The summed E-state index contributed by atoms with van der Waals surface area (Å²) >= 11 is 0. The molecule has 2 heterocycles. The van der Waals surface area contributed by atoms with E-state index in [-0.39, 0.29) is 0 Å². The first kappa shape index (κ1) is 18.3. The van der Waals surface area contributed by atoms with Gasteiger partial charge in [0, 0.05) is 25.0 Å². The molecule has 1 aliphatic heterocycles. The van der Waals surface area contributed by atoms with Gasteiger partial charge < -0.3 is 15.0 Å². The molecular weight excluding hydrogens is 348 g/mol. The van der Waals surface area contributed by atoms with E-state index < -0.39 is 0 Å². The van der Waals surface area contributed by atoms with Gasteiger partial charge in [0.1, 0.15) is 18.2 Å². The molecule has 2 aromatic carbocycles. The summed E-state index contributed by atoms with van der Waals surface area (Å²) in [6, 6.07) is 20.0. The van der Waals surface area contributed by atoms with Crippen LogP contribution in [-0.2, 0) is 6.61 Å². The van der Waals surface area contributed by atoms with Crippen molar-refractivity contribution in [1.82, 2.24) is 9.97 Å². The van der Waals surface area contributed by atoms with Crippen LogP contribution < -0.4 is 15.0 Å². The summed E-state index contributed by atoms with van der Waals surface area (Å²) in [5, 5.41) is 3.29. The second-order valence-corrected chi connectivity index (χ2v) is 7.33. The van der Waals surface area contributed by atoms with Gasteiger partial charge in [0.05, 0.1) is 0 Å². The van der Waals surface area contributed by atoms with Gasteiger partial charge in [-0.2, -0.15) is 4.98 Å². The highest BCUT2D eigenvalue weighted by atomic mass is 16.5. The zero-order chi connectivity index (χ0) is 19.2. The molecule has 0 atom stereocenters. The topological polar surface area (TPSA) is 50.3 Å². The van der Waals surface area contributed by atoms with E-state index in [0.717, 1.165) is 41.8 Å². The van der Waals surface area contributed by atoms with Gasteiger partial charge in [-0.15, -0.1) is 0 Å². The van der Waals surface area contributed by atoms with Gasteiger partial charge in [0.25, 0.3) is 0 Å². The third-order valence-corrected chi connectivity index (χ3v) is 5.11. The monoisotopic (exact) mass is 374 g/mol. The third kappa shape index (κ3) is 4.80. The van der Waals surface area contributed by atoms with Crippen molar-refractivity contribution in [2.45, 2.75) is 26.4 Å². The number of nitrogens with zero attached hydrogens (tertiary/aromatic N) is 3. The van der Waals surface area contributed by atoms with E-state index >= 15 is 0 Å². The molecule has 0 spiro atoms. The fraction of sp³-hybridized carbons (Fsp3) is 0.304. The lowest BCUT2D eigenvalue weighted by molar-refractivity contribution is 0.306. The van der Waals surface area contributed by atoms with Crippen LogP contribution in [0.2, 0.25) is 0 Å². The molecule has 0 amide bonds. The van der Waals surface area contributed by atoms with Crippen molar-refractivity contribution in [3.8, 4) is 5.75 Å². The summed E-state index contributed by atoms with van der Waals surface area (Å²) in [6.45, 7) is 5.00. The SMILES string of the molecule is CC1CCN(c2ccnc(Nc3ccc(OCc4ccccc4)cc3)n2)CC1. The molecule has 0 bridgehead atoms. The van der Waals surface area contributed by atoms with E-state index in [4.69, 9.17) is 4.74 Å². The first-order valence-corrected chi connectivity index (χ1v) is 9.88. The number of hydrogen-bond acceptors (Lipinski definition) is 5. The Morgan fingerprint density at radius 1 is 1.00 bits per heavy atom. The number of rotatable bonds is 6. The van der Waals surface area contributed by atoms with Gasteiger partial charge in [0.2, 0.25) is 5.95 Å². The Balaban J connectivity index is 1.36. The summed E-state index contributed by atoms with van der Waals surface area (Å²) < 4.78 is 5.84. The van der Waals surface area contributed by atoms with Crippen molar-refractivity contribution in [3.63, 3.8) is 0 Å². The Kier molecular flexibility index (Phi) is 5.71. The van der Waals surface area contributed by atoms with E-state index in [0.29, 0.717) is 12.6 Å². The molecule has 4 rings (SSSR count). The minimum atomic E-state index is 0.563. The summed E-state index contributed by atoms with van der Waals surface area (Å²) in [6.07, 6.45) is 4.26. The molecule has 0 saturated carbocycles. The van der Waals surface area contributed by atoms with Gasteiger partial charge in [-0.3, -0.25) is 0 Å². The summed E-state index contributed by atoms with van der Waals surface area (Å²) in [5.41, 5.74) is 2.10. The first-order valence-electron chi connectivity index (χ1n) is 9.88. The lowest BCUT2D eigenvalue weighted by Crippen LogP contribution is -2.33. The predicted octanol–water partition coefficient (Wildman–Crippen LogP) is 5.04. The van der Waals surface area contributed by atoms with Crippen LogP contribution in [0.5, 0.6) is 5.75 Å². The van der Waals surface area contributed by atoms with Crippen LogP contribution in [0.25, 0.3) is 0 Å². The highest BCUT2D eigenvalue weighted by Crippen LogP contribution is 2.23. The van der Waals surface area contributed by atoms with Crippen LogP contribution in [0.4, 0.5) is 17.5 Å². The number of nitrogens with one attached hydrogen (secondary N) is 1. The Bertz CT molecular complexity index is 875. The van der Waals surface area contributed by atoms with Gasteiger partial charge in [-0.1, -0.05) is 37.3 Å². The van der Waals surface area contributed by atoms with Gasteiger partial charge in [-0.25, -0.2) is 4.98 Å². The van der Waals surface area contributed by atoms with Gasteiger partial charge in [0.15, 0.2) is 0 Å². The number of ether oxygens (including phenoxy) is 1. The van der Waals surface area contributed by atoms with Crippen LogP contribution in [0, 0.1) is 5.92 Å². The Morgan fingerprint density at radius 2 is 1.75 bits per heavy atom. The smallest absolute Gasteiger partial charge is 0.229 e. The number of benzene rings is 2. The lowest BCUT2D eigenvalue weighted by atomic mass is 9.99. The molecule has 1 aliphatic rings. The largest absolute Gasteiger partial charge is 0.489 e. The first-order chi connectivity index (χ1) is 13.8. The van der Waals surface area contributed by atoms with Crippen LogP contribution >= 0.6 is 0 Å². The number of aromatic nitrogens is 2. The summed E-state index contributed by atoms with van der Waals surface area (Å²) in [5.74, 6) is 3.26. The van der Waals surface area contributed by atoms with E-state index in [9.17, 15) is 0 Å². The molecule has 0 aliphatic carbocycles. The van der Waals surface area contributed by atoms with Crippen LogP contribution in [0.1, 0.15) is 25.3 Å². The number of anilines is 3. The van der Waals surface area contributed by atoms with Crippen LogP contribution in [-0.4, -0.2) is 23.1 Å². The van der Waals surface area contributed by atoms with Crippen molar-refractivity contribution in [3.05, 3.63) is 72.4 Å². The molecule has 0 unspecified atom stereocenters. The molecule has 3 aromatic rings. The minimum Gasteiger partial charge on any atom is -0.489 e. The minimum absolute atomic E-state index is 0.563. The van der Waals surface area contributed by atoms with Crippen molar-refractivity contribution in [1.29, 1.82) is 0 Å². The van der Waals surface area contributed by atoms with Crippen LogP contribution in [0.15, 0.2) is 66.9 Å². The second-order valence-electron chi connectivity index (χ2n) is 7.33. The van der Waals surface area contributed by atoms with Crippen LogP contribution in [0.3, 0.4) is 0 Å². The molecule has 5 nitrogen and oxygen atoms in total. The molecule has 28 heavy (non-hydrogen) atoms. The molecule has 1 fully saturated rings. The van der Waals surface area contributed by atoms with Crippen molar-refractivity contribution in [2.24, 2.45) is 5.92 Å². The summed E-state index contributed by atoms with van der Waals surface area (Å²) in [7, 11) is 0. The van der Waals surface area contributed by atoms with Crippen molar-refractivity contribution < 1.29 is 4.74 Å². The maximum absolute atomic E-state index is 5.84. The molecular formula is C23H26N4O. The fourth-order valence-corrected chi connectivity index (χ4v) is 3.33. The van der Waals surface area contributed by atoms with Gasteiger partial charge in [-0.05, 0) is 54.7 Å². The van der Waals surface area contributed by atoms with E-state index in [1.54, 1.807) is 0 Å². The Labute approximate surface area is 166 Å². The second kappa shape index (κ2) is 8.74. The molecule has 1 N–H and O–H groups in total.